The zero-order valence-electron chi connectivity index (χ0n) is 10.1. The highest BCUT2D eigenvalue weighted by Gasteiger charge is 2.26. The molecule has 0 unspecified atom stereocenters. The molecule has 1 aromatic rings. The first-order chi connectivity index (χ1) is 8.37. The highest BCUT2D eigenvalue weighted by atomic mass is 32.2. The van der Waals surface area contributed by atoms with Gasteiger partial charge >= 0.3 is 0 Å². The first-order valence-corrected chi connectivity index (χ1v) is 7.50. The molecule has 0 bridgehead atoms. The normalized spacial score (nSPS) is 19.6. The van der Waals surface area contributed by atoms with Gasteiger partial charge in [0, 0.05) is 19.3 Å². The summed E-state index contributed by atoms with van der Waals surface area (Å²) in [5, 5.41) is 6.73. The van der Waals surface area contributed by atoms with Crippen LogP contribution in [0.3, 0.4) is 0 Å². The van der Waals surface area contributed by atoms with E-state index in [1.165, 1.54) is 4.68 Å². The lowest BCUT2D eigenvalue weighted by Gasteiger charge is -2.22. The minimum atomic E-state index is -2.92. The molecule has 0 spiro atoms. The molecule has 7 nitrogen and oxygen atoms in total. The van der Waals surface area contributed by atoms with E-state index in [-0.39, 0.29) is 29.1 Å². The Hall–Kier alpha value is -1.57. The van der Waals surface area contributed by atoms with Gasteiger partial charge in [-0.15, -0.1) is 0 Å². The molecule has 2 rings (SSSR count). The Morgan fingerprint density at radius 2 is 2.11 bits per heavy atom. The van der Waals surface area contributed by atoms with Crippen LogP contribution in [0, 0.1) is 0 Å². The van der Waals surface area contributed by atoms with Gasteiger partial charge in [-0.25, -0.2) is 8.42 Å². The largest absolute Gasteiger partial charge is 0.396 e. The summed E-state index contributed by atoms with van der Waals surface area (Å²) in [5.41, 5.74) is 6.15. The second kappa shape index (κ2) is 4.60. The summed E-state index contributed by atoms with van der Waals surface area (Å²) >= 11 is 0. The molecule has 18 heavy (non-hydrogen) atoms. The van der Waals surface area contributed by atoms with Crippen LogP contribution in [0.25, 0.3) is 0 Å². The molecule has 1 amide bonds. The van der Waals surface area contributed by atoms with E-state index in [0.29, 0.717) is 18.5 Å². The van der Waals surface area contributed by atoms with Crippen molar-refractivity contribution in [3.05, 3.63) is 11.9 Å². The van der Waals surface area contributed by atoms with Crippen LogP contribution in [0.2, 0.25) is 0 Å². The Labute approximate surface area is 105 Å². The zero-order chi connectivity index (χ0) is 13.3. The van der Waals surface area contributed by atoms with E-state index in [0.717, 1.165) is 0 Å². The number of nitrogens with one attached hydrogen (secondary N) is 1. The van der Waals surface area contributed by atoms with Crippen molar-refractivity contribution in [2.45, 2.75) is 18.9 Å². The lowest BCUT2D eigenvalue weighted by atomic mass is 10.1. The first kappa shape index (κ1) is 12.9. The van der Waals surface area contributed by atoms with Crippen molar-refractivity contribution in [3.8, 4) is 0 Å². The van der Waals surface area contributed by atoms with E-state index < -0.39 is 9.84 Å². The number of sulfone groups is 1. The third-order valence-corrected chi connectivity index (χ3v) is 4.68. The fraction of sp³-hybridized carbons (Fsp3) is 0.600. The van der Waals surface area contributed by atoms with Gasteiger partial charge in [-0.3, -0.25) is 9.48 Å². The molecule has 0 aliphatic carbocycles. The van der Waals surface area contributed by atoms with Crippen LogP contribution in [-0.2, 0) is 16.9 Å². The Bertz CT molecular complexity index is 550. The molecule has 1 saturated heterocycles. The summed E-state index contributed by atoms with van der Waals surface area (Å²) in [4.78, 5) is 11.9. The quantitative estimate of drug-likeness (QED) is 0.741. The van der Waals surface area contributed by atoms with Gasteiger partial charge in [0.05, 0.1) is 17.2 Å². The van der Waals surface area contributed by atoms with Gasteiger partial charge in [-0.2, -0.15) is 5.10 Å². The average molecular weight is 272 g/mol. The van der Waals surface area contributed by atoms with Crippen LogP contribution >= 0.6 is 0 Å². The van der Waals surface area contributed by atoms with E-state index in [4.69, 9.17) is 5.73 Å². The maximum atomic E-state index is 11.9. The maximum Gasteiger partial charge on any atom is 0.274 e. The van der Waals surface area contributed by atoms with E-state index in [9.17, 15) is 13.2 Å². The number of anilines is 1. The molecular formula is C10H16N4O3S. The van der Waals surface area contributed by atoms with Crippen LogP contribution in [0.4, 0.5) is 5.69 Å². The minimum Gasteiger partial charge on any atom is -0.396 e. The van der Waals surface area contributed by atoms with Crippen LogP contribution in [0.1, 0.15) is 23.3 Å². The van der Waals surface area contributed by atoms with E-state index >= 15 is 0 Å². The van der Waals surface area contributed by atoms with Crippen molar-refractivity contribution in [1.29, 1.82) is 0 Å². The van der Waals surface area contributed by atoms with Crippen LogP contribution in [0.5, 0.6) is 0 Å². The monoisotopic (exact) mass is 272 g/mol. The van der Waals surface area contributed by atoms with Gasteiger partial charge in [0.15, 0.2) is 5.69 Å². The third kappa shape index (κ3) is 2.81. The van der Waals surface area contributed by atoms with Crippen LogP contribution in [0.15, 0.2) is 6.20 Å². The number of hydrogen-bond donors (Lipinski definition) is 2. The number of nitrogens with zero attached hydrogens (tertiary/aromatic N) is 2. The molecule has 3 N–H and O–H groups in total. The molecule has 0 atom stereocenters. The summed E-state index contributed by atoms with van der Waals surface area (Å²) in [7, 11) is -1.24. The number of carbonyl (C=O) groups is 1. The van der Waals surface area contributed by atoms with Gasteiger partial charge in [-0.05, 0) is 12.8 Å². The van der Waals surface area contributed by atoms with Crippen molar-refractivity contribution >= 4 is 21.4 Å². The highest BCUT2D eigenvalue weighted by Crippen LogP contribution is 2.14. The predicted molar refractivity (Wildman–Crippen MR) is 66.8 cm³/mol. The Morgan fingerprint density at radius 3 is 2.61 bits per heavy atom. The molecule has 1 fully saturated rings. The molecule has 0 saturated carbocycles. The first-order valence-electron chi connectivity index (χ1n) is 5.68. The van der Waals surface area contributed by atoms with Crippen LogP contribution < -0.4 is 11.1 Å². The average Bonchev–Trinajstić information content (AvgIpc) is 2.61. The molecule has 2 heterocycles. The fourth-order valence-corrected chi connectivity index (χ4v) is 3.46. The lowest BCUT2D eigenvalue weighted by molar-refractivity contribution is 0.0929. The van der Waals surface area contributed by atoms with E-state index in [2.05, 4.69) is 10.4 Å². The lowest BCUT2D eigenvalue weighted by Crippen LogP contribution is -2.41. The van der Waals surface area contributed by atoms with Crippen molar-refractivity contribution in [3.63, 3.8) is 0 Å². The second-order valence-corrected chi connectivity index (χ2v) is 6.81. The molecule has 100 valence electrons. The van der Waals surface area contributed by atoms with Gasteiger partial charge in [0.1, 0.15) is 9.84 Å². The molecule has 1 aliphatic rings. The summed E-state index contributed by atoms with van der Waals surface area (Å²) in [6.07, 6.45) is 2.45. The summed E-state index contributed by atoms with van der Waals surface area (Å²) in [5.74, 6) is -0.108. The molecule has 0 radical (unpaired) electrons. The number of nitrogens with two attached hydrogens (primary N) is 1. The van der Waals surface area contributed by atoms with Gasteiger partial charge in [-0.1, -0.05) is 0 Å². The number of carbonyl (C=O) groups excluding carboxylic acids is 1. The van der Waals surface area contributed by atoms with Crippen LogP contribution in [-0.4, -0.2) is 41.7 Å². The van der Waals surface area contributed by atoms with E-state index in [1.807, 2.05) is 0 Å². The van der Waals surface area contributed by atoms with Crippen molar-refractivity contribution < 1.29 is 13.2 Å². The van der Waals surface area contributed by atoms with Gasteiger partial charge in [0.2, 0.25) is 0 Å². The second-order valence-electron chi connectivity index (χ2n) is 4.51. The number of aromatic nitrogens is 2. The summed E-state index contributed by atoms with van der Waals surface area (Å²) in [6.45, 7) is 0. The maximum absolute atomic E-state index is 11.9. The van der Waals surface area contributed by atoms with Crippen molar-refractivity contribution in [2.24, 2.45) is 7.05 Å². The van der Waals surface area contributed by atoms with E-state index in [1.54, 1.807) is 13.2 Å². The van der Waals surface area contributed by atoms with Crippen molar-refractivity contribution in [1.82, 2.24) is 15.1 Å². The number of rotatable bonds is 2. The minimum absolute atomic E-state index is 0.121. The highest BCUT2D eigenvalue weighted by molar-refractivity contribution is 7.91. The van der Waals surface area contributed by atoms with Crippen molar-refractivity contribution in [2.75, 3.05) is 17.2 Å². The summed E-state index contributed by atoms with van der Waals surface area (Å²) in [6, 6.07) is -0.123. The molecule has 8 heteroatoms. The van der Waals surface area contributed by atoms with Gasteiger partial charge < -0.3 is 11.1 Å². The Kier molecular flexibility index (Phi) is 3.29. The Morgan fingerprint density at radius 1 is 1.50 bits per heavy atom. The molecule has 0 aromatic carbocycles. The SMILES string of the molecule is Cn1cc(N)c(C(=O)NC2CCS(=O)(=O)CC2)n1. The molecule has 1 aromatic heterocycles. The number of aryl methyl sites for hydroxylation is 1. The number of amides is 1. The topological polar surface area (TPSA) is 107 Å². The predicted octanol–water partition coefficient (Wildman–Crippen LogP) is -0.691. The smallest absolute Gasteiger partial charge is 0.274 e. The Balaban J connectivity index is 1.99. The summed E-state index contributed by atoms with van der Waals surface area (Å²) < 4.78 is 24.0. The molecule has 1 aliphatic heterocycles. The third-order valence-electron chi connectivity index (χ3n) is 2.96. The fourth-order valence-electron chi connectivity index (χ4n) is 1.97. The molecular weight excluding hydrogens is 256 g/mol. The zero-order valence-corrected chi connectivity index (χ0v) is 10.9. The standard InChI is InChI=1S/C10H16N4O3S/c1-14-6-8(11)9(13-14)10(15)12-7-2-4-18(16,17)5-3-7/h6-7H,2-5,11H2,1H3,(H,12,15). The number of hydrogen-bond acceptors (Lipinski definition) is 5. The number of nitrogen functional groups attached to an aromatic ring is 1. The van der Waals surface area contributed by atoms with Gasteiger partial charge in [0.25, 0.3) is 5.91 Å².